The third-order valence-corrected chi connectivity index (χ3v) is 19.1. The number of benzene rings is 1. The van der Waals surface area contributed by atoms with E-state index in [0.717, 1.165) is 64.5 Å². The molecule has 5 fully saturated rings. The maximum Gasteiger partial charge on any atom is 0.516 e. The molecule has 7 rings (SSSR count). The van der Waals surface area contributed by atoms with Gasteiger partial charge in [0.05, 0.1) is 36.7 Å². The molecule has 0 unspecified atom stereocenters. The molecule has 11 heteroatoms. The summed E-state index contributed by atoms with van der Waals surface area (Å²) >= 11 is 0. The van der Waals surface area contributed by atoms with Gasteiger partial charge >= 0.3 is 18.1 Å². The van der Waals surface area contributed by atoms with Crippen LogP contribution in [0.2, 0.25) is 0 Å². The molecule has 1 aromatic rings. The maximum atomic E-state index is 14.1. The van der Waals surface area contributed by atoms with Gasteiger partial charge in [0, 0.05) is 31.7 Å². The van der Waals surface area contributed by atoms with Crippen LogP contribution in [0.3, 0.4) is 0 Å². The molecule has 0 amide bonds. The molecule has 9 atom stereocenters. The van der Waals surface area contributed by atoms with Crippen LogP contribution in [-0.2, 0) is 28.8 Å². The van der Waals surface area contributed by atoms with Crippen molar-refractivity contribution >= 4 is 33.5 Å². The summed E-state index contributed by atoms with van der Waals surface area (Å²) in [7, 11) is -1.54. The van der Waals surface area contributed by atoms with Gasteiger partial charge in [0.2, 0.25) is 0 Å². The maximum absolute atomic E-state index is 14.1. The Labute approximate surface area is 335 Å². The quantitative estimate of drug-likeness (QED) is 0.207. The van der Waals surface area contributed by atoms with Crippen molar-refractivity contribution in [2.45, 2.75) is 112 Å². The average molecular weight is 795 g/mol. The fourth-order valence-corrected chi connectivity index (χ4v) is 15.8. The standard InChI is InChI=1S/C45H66N2O8S/c1-9-54-39(50)55-38(49)32-14-21-45(46-24-25-47-26-28-56(51,52)29-27-47)23-22-44(7)42(5)19-16-34-40(2,3)33(30-10-12-31(13-11-30)37(48)53-8)15-18-41(34,4)35(42)17-20-43(44,6)36(32)45/h10-13,15,32,34-36,46H,9,14,16-29H2,1-8H3/t32-,34+,35-,36-,41+,42-,43-,44+,45+/m1/s1. The molecule has 0 radical (unpaired) electrons. The monoisotopic (exact) mass is 794 g/mol. The smallest absolute Gasteiger partial charge is 0.465 e. The van der Waals surface area contributed by atoms with E-state index >= 15 is 0 Å². The first kappa shape index (κ1) is 41.4. The van der Waals surface area contributed by atoms with Gasteiger partial charge in [0.25, 0.3) is 0 Å². The predicted molar refractivity (Wildman–Crippen MR) is 216 cm³/mol. The SMILES string of the molecule is CCOC(=O)OC(=O)[C@@H]1CC[C@]2(NCCN3CCS(=O)(=O)CC3)CC[C@@]3(C)[C@]4(C)CC[C@H]5C(C)(C)C(c6ccc(C(=O)OC)cc6)=CC[C@]5(C)[C@H]4CC[C@]3(C)[C@@H]12. The van der Waals surface area contributed by atoms with Gasteiger partial charge in [-0.05, 0) is 133 Å². The molecule has 0 bridgehead atoms. The van der Waals surface area contributed by atoms with Gasteiger partial charge in [-0.1, -0.05) is 59.8 Å². The Morgan fingerprint density at radius 1 is 0.857 bits per heavy atom. The molecule has 10 nitrogen and oxygen atoms in total. The molecule has 1 aromatic carbocycles. The van der Waals surface area contributed by atoms with Crippen molar-refractivity contribution in [1.29, 1.82) is 0 Å². The van der Waals surface area contributed by atoms with Crippen LogP contribution in [0.5, 0.6) is 0 Å². The number of carbonyl (C=O) groups is 3. The van der Waals surface area contributed by atoms with E-state index in [-0.39, 0.29) is 62.6 Å². The number of fused-ring (bicyclic) bond motifs is 7. The van der Waals surface area contributed by atoms with E-state index in [1.807, 2.05) is 12.1 Å². The molecule has 1 heterocycles. The molecule has 56 heavy (non-hydrogen) atoms. The van der Waals surface area contributed by atoms with Gasteiger partial charge in [0.1, 0.15) is 0 Å². The Morgan fingerprint density at radius 2 is 1.52 bits per heavy atom. The van der Waals surface area contributed by atoms with E-state index in [2.05, 4.69) is 70.0 Å². The van der Waals surface area contributed by atoms with Gasteiger partial charge in [-0.2, -0.15) is 0 Å². The van der Waals surface area contributed by atoms with Crippen molar-refractivity contribution in [2.75, 3.05) is 51.4 Å². The fraction of sp³-hybridized carbons (Fsp3) is 0.756. The number of nitrogens with zero attached hydrogens (tertiary/aromatic N) is 1. The zero-order valence-electron chi connectivity index (χ0n) is 35.1. The number of hydrogen-bond donors (Lipinski definition) is 1. The summed E-state index contributed by atoms with van der Waals surface area (Å²) in [6, 6.07) is 7.91. The van der Waals surface area contributed by atoms with Crippen LogP contribution in [0.15, 0.2) is 30.3 Å². The second-order valence-corrected chi connectivity index (χ2v) is 22.1. The molecule has 0 spiro atoms. The molecule has 1 N–H and O–H groups in total. The Morgan fingerprint density at radius 3 is 2.18 bits per heavy atom. The fourth-order valence-electron chi connectivity index (χ4n) is 14.5. The summed E-state index contributed by atoms with van der Waals surface area (Å²) in [4.78, 5) is 41.0. The summed E-state index contributed by atoms with van der Waals surface area (Å²) in [5.41, 5.74) is 2.58. The van der Waals surface area contributed by atoms with Gasteiger partial charge in [-0.15, -0.1) is 0 Å². The van der Waals surface area contributed by atoms with Crippen molar-refractivity contribution in [3.05, 3.63) is 41.5 Å². The first-order valence-corrected chi connectivity index (χ1v) is 23.1. The van der Waals surface area contributed by atoms with Gasteiger partial charge < -0.3 is 24.4 Å². The number of esters is 2. The number of ether oxygens (including phenoxy) is 3. The molecule has 1 aliphatic heterocycles. The minimum absolute atomic E-state index is 0.0250. The lowest BCUT2D eigenvalue weighted by Gasteiger charge is -2.75. The van der Waals surface area contributed by atoms with Gasteiger partial charge in [-0.25, -0.2) is 18.0 Å². The van der Waals surface area contributed by atoms with Crippen molar-refractivity contribution in [3.63, 3.8) is 0 Å². The number of nitrogens with one attached hydrogen (secondary N) is 1. The Balaban J connectivity index is 1.19. The minimum atomic E-state index is -2.96. The summed E-state index contributed by atoms with van der Waals surface area (Å²) in [5.74, 6) is 0.155. The number of sulfone groups is 1. The number of allylic oxidation sites excluding steroid dienone is 2. The lowest BCUT2D eigenvalue weighted by atomic mass is 9.29. The minimum Gasteiger partial charge on any atom is -0.465 e. The predicted octanol–water partition coefficient (Wildman–Crippen LogP) is 7.71. The lowest BCUT2D eigenvalue weighted by molar-refractivity contribution is -0.257. The Hall–Kier alpha value is -2.76. The normalized spacial score (nSPS) is 39.8. The zero-order valence-corrected chi connectivity index (χ0v) is 35.9. The molecular formula is C45H66N2O8S. The molecule has 5 aliphatic carbocycles. The van der Waals surface area contributed by atoms with E-state index < -0.39 is 27.9 Å². The highest BCUT2D eigenvalue weighted by atomic mass is 32.2. The summed E-state index contributed by atoms with van der Waals surface area (Å²) in [6.45, 7) is 19.5. The van der Waals surface area contributed by atoms with E-state index in [9.17, 15) is 22.8 Å². The van der Waals surface area contributed by atoms with Crippen LogP contribution in [0.4, 0.5) is 4.79 Å². The average Bonchev–Trinajstić information content (AvgIpc) is 3.54. The Kier molecular flexibility index (Phi) is 10.7. The van der Waals surface area contributed by atoms with Crippen molar-refractivity contribution in [3.8, 4) is 0 Å². The number of rotatable bonds is 8. The summed E-state index contributed by atoms with van der Waals surface area (Å²) < 4.78 is 39.7. The second kappa shape index (κ2) is 14.5. The summed E-state index contributed by atoms with van der Waals surface area (Å²) in [5, 5.41) is 4.04. The molecular weight excluding hydrogens is 729 g/mol. The third kappa shape index (κ3) is 6.39. The molecule has 4 saturated carbocycles. The van der Waals surface area contributed by atoms with E-state index in [1.54, 1.807) is 6.92 Å². The van der Waals surface area contributed by atoms with Crippen molar-refractivity contribution in [2.24, 2.45) is 50.7 Å². The Bertz CT molecular complexity index is 1850. The zero-order chi connectivity index (χ0) is 40.5. The van der Waals surface area contributed by atoms with Crippen LogP contribution >= 0.6 is 0 Å². The second-order valence-electron chi connectivity index (χ2n) is 19.8. The molecule has 1 saturated heterocycles. The van der Waals surface area contributed by atoms with Crippen LogP contribution in [0.25, 0.3) is 5.57 Å². The highest BCUT2D eigenvalue weighted by Crippen LogP contribution is 2.80. The van der Waals surface area contributed by atoms with Gasteiger partial charge in [-0.3, -0.25) is 4.79 Å². The third-order valence-electron chi connectivity index (χ3n) is 17.5. The lowest BCUT2D eigenvalue weighted by Crippen LogP contribution is -2.72. The highest BCUT2D eigenvalue weighted by molar-refractivity contribution is 7.91. The first-order chi connectivity index (χ1) is 26.3. The largest absolute Gasteiger partial charge is 0.516 e. The van der Waals surface area contributed by atoms with Crippen LogP contribution in [0.1, 0.15) is 122 Å². The molecule has 0 aromatic heterocycles. The van der Waals surface area contributed by atoms with Crippen molar-refractivity contribution < 1.29 is 37.0 Å². The van der Waals surface area contributed by atoms with E-state index in [1.165, 1.54) is 18.2 Å². The van der Waals surface area contributed by atoms with Gasteiger partial charge in [0.15, 0.2) is 9.84 Å². The van der Waals surface area contributed by atoms with Crippen LogP contribution in [0, 0.1) is 50.7 Å². The number of hydrogen-bond acceptors (Lipinski definition) is 10. The molecule has 310 valence electrons. The van der Waals surface area contributed by atoms with Crippen LogP contribution in [-0.4, -0.2) is 88.4 Å². The number of methoxy groups -OCH3 is 1. The van der Waals surface area contributed by atoms with E-state index in [0.29, 0.717) is 36.9 Å². The molecule has 6 aliphatic rings. The topological polar surface area (TPSA) is 128 Å². The summed E-state index contributed by atoms with van der Waals surface area (Å²) in [6.07, 6.45) is 10.4. The number of carbonyl (C=O) groups excluding carboxylic acids is 3. The van der Waals surface area contributed by atoms with Crippen LogP contribution < -0.4 is 5.32 Å². The first-order valence-electron chi connectivity index (χ1n) is 21.3. The van der Waals surface area contributed by atoms with Crippen molar-refractivity contribution in [1.82, 2.24) is 10.2 Å². The van der Waals surface area contributed by atoms with E-state index in [4.69, 9.17) is 14.2 Å². The highest BCUT2D eigenvalue weighted by Gasteiger charge is 2.75.